The Balaban J connectivity index is 1.22. The summed E-state index contributed by atoms with van der Waals surface area (Å²) in [4.78, 5) is 31.1. The first-order chi connectivity index (χ1) is 15.8. The summed E-state index contributed by atoms with van der Waals surface area (Å²) in [7, 11) is 0. The van der Waals surface area contributed by atoms with E-state index in [9.17, 15) is 9.59 Å². The number of amides is 1. The highest BCUT2D eigenvalue weighted by atomic mass is 32.1. The third-order valence-electron chi connectivity index (χ3n) is 6.99. The van der Waals surface area contributed by atoms with Crippen LogP contribution in [-0.4, -0.2) is 71.7 Å². The van der Waals surface area contributed by atoms with E-state index in [4.69, 9.17) is 15.2 Å². The molecular weight excluding hydrogens is 438 g/mol. The number of esters is 1. The zero-order valence-electron chi connectivity index (χ0n) is 19.2. The van der Waals surface area contributed by atoms with Crippen molar-refractivity contribution >= 4 is 28.2 Å². The highest BCUT2D eigenvalue weighted by molar-refractivity contribution is 7.19. The first-order valence-electron chi connectivity index (χ1n) is 11.6. The zero-order valence-corrected chi connectivity index (χ0v) is 20.0. The molecule has 33 heavy (non-hydrogen) atoms. The number of cyclic esters (lactones) is 1. The first-order valence-corrected chi connectivity index (χ1v) is 12.4. The van der Waals surface area contributed by atoms with Gasteiger partial charge in [0.25, 0.3) is 5.91 Å². The van der Waals surface area contributed by atoms with Crippen molar-refractivity contribution in [3.05, 3.63) is 42.0 Å². The van der Waals surface area contributed by atoms with Crippen LogP contribution in [0, 0.1) is 0 Å². The number of ether oxygens (including phenoxy) is 2. The summed E-state index contributed by atoms with van der Waals surface area (Å²) in [6.45, 7) is 7.12. The molecule has 3 saturated heterocycles. The molecule has 1 aromatic carbocycles. The molecule has 1 unspecified atom stereocenters. The van der Waals surface area contributed by atoms with E-state index in [-0.39, 0.29) is 11.9 Å². The van der Waals surface area contributed by atoms with Crippen molar-refractivity contribution in [2.24, 2.45) is 0 Å². The molecule has 2 N–H and O–H groups in total. The van der Waals surface area contributed by atoms with E-state index in [1.54, 1.807) is 0 Å². The number of hydrogen-bond acceptors (Lipinski definition) is 7. The van der Waals surface area contributed by atoms with E-state index in [1.165, 1.54) is 11.3 Å². The molecule has 0 radical (unpaired) electrons. The molecule has 3 fully saturated rings. The summed E-state index contributed by atoms with van der Waals surface area (Å²) in [5.74, 6) is -0.240. The second-order valence-corrected chi connectivity index (χ2v) is 11.0. The van der Waals surface area contributed by atoms with Crippen LogP contribution in [-0.2, 0) is 14.3 Å². The number of piperidine rings is 1. The van der Waals surface area contributed by atoms with Crippen molar-refractivity contribution in [2.45, 2.75) is 50.4 Å². The van der Waals surface area contributed by atoms with Gasteiger partial charge < -0.3 is 20.1 Å². The summed E-state index contributed by atoms with van der Waals surface area (Å²) in [6, 6.07) is 12.2. The Morgan fingerprint density at radius 1 is 1.15 bits per heavy atom. The Hall–Kier alpha value is -2.42. The molecule has 176 valence electrons. The molecule has 8 heteroatoms. The summed E-state index contributed by atoms with van der Waals surface area (Å²) >= 11 is 1.46. The van der Waals surface area contributed by atoms with Crippen molar-refractivity contribution in [3.63, 3.8) is 0 Å². The van der Waals surface area contributed by atoms with Gasteiger partial charge in [-0.15, -0.1) is 11.3 Å². The largest absolute Gasteiger partial charge is 0.457 e. The fourth-order valence-electron chi connectivity index (χ4n) is 5.41. The number of thiophene rings is 1. The molecule has 2 aromatic rings. The van der Waals surface area contributed by atoms with Crippen molar-refractivity contribution in [1.29, 1.82) is 0 Å². The Morgan fingerprint density at radius 3 is 2.55 bits per heavy atom. The lowest BCUT2D eigenvalue weighted by Crippen LogP contribution is -2.59. The number of benzene rings is 1. The fourth-order valence-corrected chi connectivity index (χ4v) is 6.34. The maximum atomic E-state index is 13.2. The van der Waals surface area contributed by atoms with E-state index < -0.39 is 11.2 Å². The second-order valence-electron chi connectivity index (χ2n) is 9.92. The quantitative estimate of drug-likeness (QED) is 0.694. The fraction of sp³-hybridized carbons (Fsp3) is 0.520. The van der Waals surface area contributed by atoms with Gasteiger partial charge in [0.05, 0.1) is 17.2 Å². The van der Waals surface area contributed by atoms with E-state index in [0.29, 0.717) is 49.3 Å². The minimum Gasteiger partial charge on any atom is -0.457 e. The average Bonchev–Trinajstić information content (AvgIpc) is 3.30. The number of nitrogen functional groups attached to an aromatic ring is 1. The molecule has 1 atom stereocenters. The van der Waals surface area contributed by atoms with Crippen LogP contribution in [0.4, 0.5) is 5.00 Å². The van der Waals surface area contributed by atoms with Crippen LogP contribution in [0.25, 0.3) is 10.4 Å². The lowest BCUT2D eigenvalue weighted by molar-refractivity contribution is -0.172. The number of nitrogens with two attached hydrogens (primary N) is 1. The molecule has 7 nitrogen and oxygen atoms in total. The van der Waals surface area contributed by atoms with Crippen LogP contribution < -0.4 is 5.73 Å². The van der Waals surface area contributed by atoms with Gasteiger partial charge in [0.15, 0.2) is 5.60 Å². The zero-order chi connectivity index (χ0) is 23.2. The van der Waals surface area contributed by atoms with Gasteiger partial charge in [0.1, 0.15) is 5.60 Å². The van der Waals surface area contributed by atoms with Crippen LogP contribution in [0.2, 0.25) is 0 Å². The maximum absolute atomic E-state index is 13.2. The van der Waals surface area contributed by atoms with Crippen molar-refractivity contribution in [3.8, 4) is 10.4 Å². The van der Waals surface area contributed by atoms with Gasteiger partial charge in [-0.3, -0.25) is 9.69 Å². The van der Waals surface area contributed by atoms with E-state index >= 15 is 0 Å². The number of rotatable bonds is 3. The van der Waals surface area contributed by atoms with E-state index in [0.717, 1.165) is 29.8 Å². The molecule has 1 spiro atoms. The van der Waals surface area contributed by atoms with Crippen LogP contribution in [0.1, 0.15) is 43.5 Å². The van der Waals surface area contributed by atoms with Crippen LogP contribution in [0.3, 0.4) is 0 Å². The summed E-state index contributed by atoms with van der Waals surface area (Å²) in [5.41, 5.74) is 6.56. The molecule has 0 aliphatic carbocycles. The maximum Gasteiger partial charge on any atom is 0.340 e. The normalized spacial score (nSPS) is 26.0. The van der Waals surface area contributed by atoms with Gasteiger partial charge >= 0.3 is 5.97 Å². The Kier molecular flexibility index (Phi) is 5.71. The Labute approximate surface area is 198 Å². The van der Waals surface area contributed by atoms with Crippen LogP contribution >= 0.6 is 11.3 Å². The number of nitrogens with zero attached hydrogens (tertiary/aromatic N) is 2. The van der Waals surface area contributed by atoms with Gasteiger partial charge in [-0.25, -0.2) is 4.79 Å². The highest BCUT2D eigenvalue weighted by Gasteiger charge is 2.56. The lowest BCUT2D eigenvalue weighted by atomic mass is 9.90. The molecule has 0 bridgehead atoms. The monoisotopic (exact) mass is 469 g/mol. The molecule has 1 amide bonds. The van der Waals surface area contributed by atoms with Crippen molar-refractivity contribution < 1.29 is 19.1 Å². The number of carbonyl (C=O) groups is 2. The van der Waals surface area contributed by atoms with E-state index in [1.807, 2.05) is 55.1 Å². The predicted molar refractivity (Wildman–Crippen MR) is 128 cm³/mol. The molecule has 4 heterocycles. The second kappa shape index (κ2) is 8.42. The Bertz CT molecular complexity index is 1050. The summed E-state index contributed by atoms with van der Waals surface area (Å²) in [6.07, 6.45) is 2.32. The van der Waals surface area contributed by atoms with Crippen molar-refractivity contribution in [2.75, 3.05) is 38.5 Å². The SMILES string of the molecule is CC1(C)CC2(CN(C3CCN(C(=O)c4cc(-c5ccccc5)sc4N)CC3)CCO2)C(=O)O1. The minimum atomic E-state index is -0.854. The number of anilines is 1. The molecule has 3 aliphatic rings. The van der Waals surface area contributed by atoms with E-state index in [2.05, 4.69) is 4.90 Å². The predicted octanol–water partition coefficient (Wildman–Crippen LogP) is 3.40. The number of carbonyl (C=O) groups excluding carboxylic acids is 2. The minimum absolute atomic E-state index is 0.00366. The van der Waals surface area contributed by atoms with Gasteiger partial charge in [0, 0.05) is 43.5 Å². The third-order valence-corrected chi connectivity index (χ3v) is 8.00. The molecule has 1 aromatic heterocycles. The first kappa shape index (κ1) is 22.4. The third kappa shape index (κ3) is 4.27. The number of hydrogen-bond donors (Lipinski definition) is 1. The summed E-state index contributed by atoms with van der Waals surface area (Å²) < 4.78 is 11.5. The molecule has 5 rings (SSSR count). The average molecular weight is 470 g/mol. The molecule has 0 saturated carbocycles. The van der Waals surface area contributed by atoms with Crippen molar-refractivity contribution in [1.82, 2.24) is 9.80 Å². The van der Waals surface area contributed by atoms with Gasteiger partial charge in [-0.1, -0.05) is 30.3 Å². The molecule has 3 aliphatic heterocycles. The van der Waals surface area contributed by atoms with Gasteiger partial charge in [-0.05, 0) is 38.3 Å². The topological polar surface area (TPSA) is 85.1 Å². The highest BCUT2D eigenvalue weighted by Crippen LogP contribution is 2.40. The number of likely N-dealkylation sites (tertiary alicyclic amines) is 1. The molecular formula is C25H31N3O4S. The standard InChI is InChI=1S/C25H31N3O4S/c1-24(2)15-25(23(30)32-24)16-28(12-13-31-25)18-8-10-27(11-9-18)22(29)19-14-20(33-21(19)26)17-6-4-3-5-7-17/h3-7,14,18H,8-13,15-16,26H2,1-2H3. The Morgan fingerprint density at radius 2 is 1.88 bits per heavy atom. The lowest BCUT2D eigenvalue weighted by Gasteiger charge is -2.44. The van der Waals surface area contributed by atoms with Gasteiger partial charge in [-0.2, -0.15) is 0 Å². The summed E-state index contributed by atoms with van der Waals surface area (Å²) in [5, 5.41) is 0.568. The van der Waals surface area contributed by atoms with Crippen LogP contribution in [0.5, 0.6) is 0 Å². The smallest absolute Gasteiger partial charge is 0.340 e. The van der Waals surface area contributed by atoms with Crippen LogP contribution in [0.15, 0.2) is 36.4 Å². The number of morpholine rings is 1. The van der Waals surface area contributed by atoms with Gasteiger partial charge in [0.2, 0.25) is 0 Å².